The highest BCUT2D eigenvalue weighted by Crippen LogP contribution is 2.31. The van der Waals surface area contributed by atoms with Crippen molar-refractivity contribution in [1.29, 1.82) is 0 Å². The molecule has 4 heteroatoms. The van der Waals surface area contributed by atoms with Gasteiger partial charge in [-0.3, -0.25) is 4.79 Å². The molecule has 1 aliphatic rings. The molecule has 4 nitrogen and oxygen atoms in total. The molecular weight excluding hydrogens is 312 g/mol. The number of ether oxygens (including phenoxy) is 1. The molecule has 0 saturated carbocycles. The van der Waals surface area contributed by atoms with Crippen LogP contribution in [0.3, 0.4) is 0 Å². The van der Waals surface area contributed by atoms with Gasteiger partial charge in [0.15, 0.2) is 0 Å². The van der Waals surface area contributed by atoms with Gasteiger partial charge >= 0.3 is 0 Å². The van der Waals surface area contributed by atoms with E-state index >= 15 is 0 Å². The summed E-state index contributed by atoms with van der Waals surface area (Å²) in [4.78, 5) is 12.3. The lowest BCUT2D eigenvalue weighted by molar-refractivity contribution is 0.0935. The van der Waals surface area contributed by atoms with Crippen LogP contribution in [0.5, 0.6) is 5.75 Å². The van der Waals surface area contributed by atoms with Crippen LogP contribution in [0.2, 0.25) is 0 Å². The Morgan fingerprint density at radius 3 is 2.56 bits per heavy atom. The Bertz CT molecular complexity index is 715. The fraction of sp³-hybridized carbons (Fsp3) is 0.381. The van der Waals surface area contributed by atoms with Gasteiger partial charge in [0, 0.05) is 11.3 Å². The van der Waals surface area contributed by atoms with Crippen LogP contribution >= 0.6 is 0 Å². The van der Waals surface area contributed by atoms with E-state index in [9.17, 15) is 4.79 Å². The van der Waals surface area contributed by atoms with E-state index in [1.54, 1.807) is 0 Å². The van der Waals surface area contributed by atoms with Gasteiger partial charge in [0.25, 0.3) is 5.91 Å². The first-order chi connectivity index (χ1) is 12.3. The smallest absolute Gasteiger partial charge is 0.255 e. The lowest BCUT2D eigenvalue weighted by atomic mass is 10.1. The van der Waals surface area contributed by atoms with Gasteiger partial charge < -0.3 is 15.4 Å². The van der Waals surface area contributed by atoms with Crippen molar-refractivity contribution in [3.8, 4) is 5.75 Å². The number of para-hydroxylation sites is 2. The average molecular weight is 338 g/mol. The minimum Gasteiger partial charge on any atom is -0.493 e. The zero-order chi connectivity index (χ0) is 17.5. The number of hydrogen-bond donors (Lipinski definition) is 2. The summed E-state index contributed by atoms with van der Waals surface area (Å²) in [6.45, 7) is 2.92. The van der Waals surface area contributed by atoms with E-state index in [4.69, 9.17) is 4.74 Å². The van der Waals surface area contributed by atoms with Gasteiger partial charge in [-0.25, -0.2) is 0 Å². The van der Waals surface area contributed by atoms with Crippen LogP contribution in [0.1, 0.15) is 61.1 Å². The molecule has 0 saturated heterocycles. The zero-order valence-corrected chi connectivity index (χ0v) is 14.8. The number of hydrogen-bond acceptors (Lipinski definition) is 3. The van der Waals surface area contributed by atoms with Crippen molar-refractivity contribution in [3.63, 3.8) is 0 Å². The minimum atomic E-state index is -0.279. The number of carbonyl (C=O) groups excluding carboxylic acids is 1. The Labute approximate surface area is 149 Å². The molecule has 1 aliphatic heterocycles. The van der Waals surface area contributed by atoms with E-state index < -0.39 is 0 Å². The van der Waals surface area contributed by atoms with Gasteiger partial charge in [0.2, 0.25) is 0 Å². The number of nitrogens with one attached hydrogen (secondary N) is 2. The van der Waals surface area contributed by atoms with Crippen LogP contribution in [0, 0.1) is 0 Å². The molecule has 2 N–H and O–H groups in total. The van der Waals surface area contributed by atoms with Crippen molar-refractivity contribution >= 4 is 11.6 Å². The summed E-state index contributed by atoms with van der Waals surface area (Å²) in [5.41, 5.74) is 2.48. The fourth-order valence-corrected chi connectivity index (χ4v) is 3.10. The second-order valence-corrected chi connectivity index (χ2v) is 6.40. The van der Waals surface area contributed by atoms with Crippen molar-refractivity contribution in [3.05, 3.63) is 59.7 Å². The van der Waals surface area contributed by atoms with Crippen molar-refractivity contribution in [2.24, 2.45) is 0 Å². The number of fused-ring (bicyclic) bond motifs is 1. The van der Waals surface area contributed by atoms with Crippen molar-refractivity contribution in [2.45, 2.75) is 45.2 Å². The summed E-state index contributed by atoms with van der Waals surface area (Å²) < 4.78 is 6.00. The topological polar surface area (TPSA) is 50.4 Å². The number of amides is 1. The number of rotatable bonds is 8. The second-order valence-electron chi connectivity index (χ2n) is 6.40. The summed E-state index contributed by atoms with van der Waals surface area (Å²) in [7, 11) is 0. The molecule has 25 heavy (non-hydrogen) atoms. The third-order valence-corrected chi connectivity index (χ3v) is 4.48. The largest absolute Gasteiger partial charge is 0.493 e. The van der Waals surface area contributed by atoms with Crippen LogP contribution in [-0.4, -0.2) is 12.5 Å². The Morgan fingerprint density at radius 2 is 1.68 bits per heavy atom. The van der Waals surface area contributed by atoms with Gasteiger partial charge in [-0.2, -0.15) is 0 Å². The highest BCUT2D eigenvalue weighted by Gasteiger charge is 2.26. The molecule has 1 heterocycles. The molecule has 0 radical (unpaired) electrons. The fourth-order valence-electron chi connectivity index (χ4n) is 3.10. The average Bonchev–Trinajstić information content (AvgIpc) is 2.65. The molecule has 132 valence electrons. The van der Waals surface area contributed by atoms with Gasteiger partial charge in [-0.15, -0.1) is 0 Å². The first-order valence-electron chi connectivity index (χ1n) is 9.17. The molecule has 0 aromatic heterocycles. The molecule has 0 bridgehead atoms. The quantitative estimate of drug-likeness (QED) is 0.674. The Morgan fingerprint density at radius 1 is 0.920 bits per heavy atom. The summed E-state index contributed by atoms with van der Waals surface area (Å²) >= 11 is 0. The zero-order valence-electron chi connectivity index (χ0n) is 14.8. The summed E-state index contributed by atoms with van der Waals surface area (Å²) in [6.07, 6.45) is 5.77. The number of benzene rings is 2. The number of unbranched alkanes of at least 4 members (excludes halogenated alkanes) is 4. The van der Waals surface area contributed by atoms with Gasteiger partial charge in [-0.05, 0) is 24.6 Å². The maximum absolute atomic E-state index is 12.3. The standard InChI is InChI=1S/C21H26N2O2/c1-2-3-4-5-10-15-25-19-14-9-7-12-17(19)20-22-18-13-8-6-11-16(18)21(24)23-20/h6-9,11-14,20,22H,2-5,10,15H2,1H3,(H,23,24). The minimum absolute atomic E-state index is 0.0614. The van der Waals surface area contributed by atoms with Gasteiger partial charge in [-0.1, -0.05) is 62.9 Å². The monoisotopic (exact) mass is 338 g/mol. The normalized spacial score (nSPS) is 15.9. The van der Waals surface area contributed by atoms with Crippen molar-refractivity contribution in [1.82, 2.24) is 5.32 Å². The van der Waals surface area contributed by atoms with E-state index in [-0.39, 0.29) is 12.1 Å². The van der Waals surface area contributed by atoms with Crippen LogP contribution < -0.4 is 15.4 Å². The van der Waals surface area contributed by atoms with E-state index in [1.807, 2.05) is 48.5 Å². The maximum atomic E-state index is 12.3. The molecule has 1 atom stereocenters. The predicted octanol–water partition coefficient (Wildman–Crippen LogP) is 4.89. The highest BCUT2D eigenvalue weighted by molar-refractivity contribution is 6.01. The molecular formula is C21H26N2O2. The third-order valence-electron chi connectivity index (χ3n) is 4.48. The molecule has 2 aromatic carbocycles. The van der Waals surface area contributed by atoms with Crippen LogP contribution in [0.4, 0.5) is 5.69 Å². The maximum Gasteiger partial charge on any atom is 0.255 e. The highest BCUT2D eigenvalue weighted by atomic mass is 16.5. The van der Waals surface area contributed by atoms with E-state index in [1.165, 1.54) is 25.7 Å². The summed E-state index contributed by atoms with van der Waals surface area (Å²) in [5.74, 6) is 0.767. The summed E-state index contributed by atoms with van der Waals surface area (Å²) in [5, 5.41) is 6.41. The molecule has 0 fully saturated rings. The Kier molecular flexibility index (Phi) is 5.94. The Hall–Kier alpha value is -2.49. The number of anilines is 1. The van der Waals surface area contributed by atoms with Crippen LogP contribution in [0.15, 0.2) is 48.5 Å². The lowest BCUT2D eigenvalue weighted by Crippen LogP contribution is -2.38. The molecule has 1 unspecified atom stereocenters. The van der Waals surface area contributed by atoms with E-state index in [0.717, 1.165) is 23.4 Å². The first-order valence-corrected chi connectivity index (χ1v) is 9.17. The van der Waals surface area contributed by atoms with E-state index in [2.05, 4.69) is 17.6 Å². The first kappa shape index (κ1) is 17.3. The Balaban J connectivity index is 1.66. The van der Waals surface area contributed by atoms with Crippen LogP contribution in [0.25, 0.3) is 0 Å². The number of carbonyl (C=O) groups is 1. The molecule has 0 aliphatic carbocycles. The van der Waals surface area contributed by atoms with Crippen molar-refractivity contribution in [2.75, 3.05) is 11.9 Å². The SMILES string of the molecule is CCCCCCCOc1ccccc1C1NC(=O)c2ccccc2N1. The molecule has 1 amide bonds. The second kappa shape index (κ2) is 8.56. The van der Waals surface area contributed by atoms with Crippen molar-refractivity contribution < 1.29 is 9.53 Å². The summed E-state index contributed by atoms with van der Waals surface area (Å²) in [6, 6.07) is 15.5. The van der Waals surface area contributed by atoms with E-state index in [0.29, 0.717) is 12.2 Å². The van der Waals surface area contributed by atoms with Crippen LogP contribution in [-0.2, 0) is 0 Å². The van der Waals surface area contributed by atoms with Gasteiger partial charge in [0.1, 0.15) is 11.9 Å². The molecule has 2 aromatic rings. The lowest BCUT2D eigenvalue weighted by Gasteiger charge is -2.29. The predicted molar refractivity (Wildman–Crippen MR) is 101 cm³/mol. The van der Waals surface area contributed by atoms with Gasteiger partial charge in [0.05, 0.1) is 12.2 Å². The molecule has 3 rings (SSSR count). The third kappa shape index (κ3) is 4.32. The molecule has 0 spiro atoms.